The first-order valence-corrected chi connectivity index (χ1v) is 7.94. The van der Waals surface area contributed by atoms with E-state index in [9.17, 15) is 0 Å². The molecule has 0 fully saturated rings. The predicted molar refractivity (Wildman–Crippen MR) is 88.0 cm³/mol. The highest BCUT2D eigenvalue weighted by molar-refractivity contribution is 7.17. The quantitative estimate of drug-likeness (QED) is 0.746. The molecule has 0 aliphatic carbocycles. The van der Waals surface area contributed by atoms with Crippen molar-refractivity contribution in [3.63, 3.8) is 0 Å². The molecule has 108 valence electrons. The molecule has 0 amide bonds. The third kappa shape index (κ3) is 3.23. The SMILES string of the molecule is CNCC[C@@H](Oc1cncc2sccc12)c1ccccc1. The van der Waals surface area contributed by atoms with Gasteiger partial charge in [0.15, 0.2) is 0 Å². The molecule has 2 heterocycles. The molecular weight excluding hydrogens is 280 g/mol. The first kappa shape index (κ1) is 14.0. The van der Waals surface area contributed by atoms with Gasteiger partial charge in [0.25, 0.3) is 0 Å². The summed E-state index contributed by atoms with van der Waals surface area (Å²) >= 11 is 1.69. The third-order valence-electron chi connectivity index (χ3n) is 3.44. The summed E-state index contributed by atoms with van der Waals surface area (Å²) in [6.45, 7) is 0.909. The van der Waals surface area contributed by atoms with E-state index in [1.807, 2.05) is 25.5 Å². The van der Waals surface area contributed by atoms with Crippen LogP contribution in [0.5, 0.6) is 5.75 Å². The number of nitrogens with one attached hydrogen (secondary N) is 1. The molecule has 0 radical (unpaired) electrons. The number of thiophene rings is 1. The van der Waals surface area contributed by atoms with Crippen molar-refractivity contribution < 1.29 is 4.74 Å². The highest BCUT2D eigenvalue weighted by Crippen LogP contribution is 2.32. The summed E-state index contributed by atoms with van der Waals surface area (Å²) in [5.74, 6) is 0.860. The lowest BCUT2D eigenvalue weighted by Gasteiger charge is -2.20. The van der Waals surface area contributed by atoms with Gasteiger partial charge in [-0.3, -0.25) is 4.98 Å². The maximum atomic E-state index is 6.28. The van der Waals surface area contributed by atoms with Crippen LogP contribution < -0.4 is 10.1 Å². The topological polar surface area (TPSA) is 34.1 Å². The van der Waals surface area contributed by atoms with Crippen molar-refractivity contribution >= 4 is 21.4 Å². The Morgan fingerprint density at radius 1 is 1.19 bits per heavy atom. The van der Waals surface area contributed by atoms with E-state index in [0.717, 1.165) is 28.8 Å². The van der Waals surface area contributed by atoms with Gasteiger partial charge in [0, 0.05) is 18.0 Å². The lowest BCUT2D eigenvalue weighted by atomic mass is 10.1. The third-order valence-corrected chi connectivity index (χ3v) is 4.29. The molecule has 1 N–H and O–H groups in total. The summed E-state index contributed by atoms with van der Waals surface area (Å²) < 4.78 is 7.44. The number of hydrogen-bond donors (Lipinski definition) is 1. The van der Waals surface area contributed by atoms with Gasteiger partial charge in [-0.05, 0) is 30.6 Å². The second kappa shape index (κ2) is 6.70. The van der Waals surface area contributed by atoms with Crippen LogP contribution >= 0.6 is 11.3 Å². The molecule has 0 aliphatic rings. The molecule has 0 unspecified atom stereocenters. The van der Waals surface area contributed by atoms with Gasteiger partial charge in [-0.15, -0.1) is 11.3 Å². The van der Waals surface area contributed by atoms with E-state index in [0.29, 0.717) is 0 Å². The summed E-state index contributed by atoms with van der Waals surface area (Å²) in [6, 6.07) is 12.4. The van der Waals surface area contributed by atoms with Crippen molar-refractivity contribution in [2.45, 2.75) is 12.5 Å². The van der Waals surface area contributed by atoms with E-state index in [4.69, 9.17) is 4.74 Å². The number of rotatable bonds is 6. The van der Waals surface area contributed by atoms with Crippen LogP contribution in [0.2, 0.25) is 0 Å². The molecule has 3 nitrogen and oxygen atoms in total. The summed E-state index contributed by atoms with van der Waals surface area (Å²) in [5.41, 5.74) is 1.19. The Hall–Kier alpha value is -1.91. The minimum atomic E-state index is 0.0333. The number of benzene rings is 1. The van der Waals surface area contributed by atoms with E-state index >= 15 is 0 Å². The zero-order valence-corrected chi connectivity index (χ0v) is 12.8. The van der Waals surface area contributed by atoms with Gasteiger partial charge in [-0.2, -0.15) is 0 Å². The largest absolute Gasteiger partial charge is 0.483 e. The Kier molecular flexibility index (Phi) is 4.48. The van der Waals surface area contributed by atoms with Gasteiger partial charge in [0.2, 0.25) is 0 Å². The van der Waals surface area contributed by atoms with Crippen LogP contribution in [0.3, 0.4) is 0 Å². The monoisotopic (exact) mass is 298 g/mol. The van der Waals surface area contributed by atoms with Gasteiger partial charge in [-0.25, -0.2) is 0 Å². The summed E-state index contributed by atoms with van der Waals surface area (Å²) in [5, 5.41) is 6.41. The summed E-state index contributed by atoms with van der Waals surface area (Å²) in [6.07, 6.45) is 4.65. The van der Waals surface area contributed by atoms with E-state index in [1.54, 1.807) is 11.3 Å². The van der Waals surface area contributed by atoms with Gasteiger partial charge in [0.1, 0.15) is 11.9 Å². The lowest BCUT2D eigenvalue weighted by molar-refractivity contribution is 0.197. The van der Waals surface area contributed by atoms with Crippen molar-refractivity contribution in [3.05, 3.63) is 59.7 Å². The molecule has 0 bridgehead atoms. The molecule has 0 saturated heterocycles. The first-order chi connectivity index (χ1) is 10.4. The number of hydrogen-bond acceptors (Lipinski definition) is 4. The Balaban J connectivity index is 1.89. The summed E-state index contributed by atoms with van der Waals surface area (Å²) in [4.78, 5) is 4.28. The normalized spacial score (nSPS) is 12.4. The van der Waals surface area contributed by atoms with Gasteiger partial charge in [-0.1, -0.05) is 30.3 Å². The zero-order chi connectivity index (χ0) is 14.5. The Morgan fingerprint density at radius 2 is 2.05 bits per heavy atom. The molecule has 3 aromatic rings. The van der Waals surface area contributed by atoms with Crippen molar-refractivity contribution in [3.8, 4) is 5.75 Å². The average Bonchev–Trinajstić information content (AvgIpc) is 3.01. The van der Waals surface area contributed by atoms with Crippen molar-refractivity contribution in [2.75, 3.05) is 13.6 Å². The molecule has 2 aromatic heterocycles. The van der Waals surface area contributed by atoms with Gasteiger partial charge >= 0.3 is 0 Å². The minimum Gasteiger partial charge on any atom is -0.483 e. The molecule has 21 heavy (non-hydrogen) atoms. The van der Waals surface area contributed by atoms with Gasteiger partial charge < -0.3 is 10.1 Å². The molecule has 1 aromatic carbocycles. The number of ether oxygens (including phenoxy) is 1. The zero-order valence-electron chi connectivity index (χ0n) is 12.0. The van der Waals surface area contributed by atoms with E-state index in [1.165, 1.54) is 5.56 Å². The fourth-order valence-electron chi connectivity index (χ4n) is 2.35. The van der Waals surface area contributed by atoms with Crippen molar-refractivity contribution in [1.82, 2.24) is 10.3 Å². The fourth-order valence-corrected chi connectivity index (χ4v) is 3.12. The second-order valence-corrected chi connectivity index (χ2v) is 5.83. The molecule has 0 saturated carbocycles. The molecule has 0 spiro atoms. The minimum absolute atomic E-state index is 0.0333. The Morgan fingerprint density at radius 3 is 2.86 bits per heavy atom. The van der Waals surface area contributed by atoms with E-state index in [-0.39, 0.29) is 6.10 Å². The van der Waals surface area contributed by atoms with Crippen molar-refractivity contribution in [2.24, 2.45) is 0 Å². The van der Waals surface area contributed by atoms with E-state index < -0.39 is 0 Å². The number of aromatic nitrogens is 1. The molecular formula is C17H18N2OS. The highest BCUT2D eigenvalue weighted by atomic mass is 32.1. The predicted octanol–water partition coefficient (Wildman–Crippen LogP) is 4.03. The smallest absolute Gasteiger partial charge is 0.147 e. The van der Waals surface area contributed by atoms with Gasteiger partial charge in [0.05, 0.1) is 10.9 Å². The van der Waals surface area contributed by atoms with Crippen LogP contribution in [0.15, 0.2) is 54.2 Å². The maximum absolute atomic E-state index is 6.28. The van der Waals surface area contributed by atoms with Crippen LogP contribution in [0.25, 0.3) is 10.1 Å². The van der Waals surface area contributed by atoms with Crippen LogP contribution in [0.4, 0.5) is 0 Å². The molecule has 1 atom stereocenters. The van der Waals surface area contributed by atoms with Crippen molar-refractivity contribution in [1.29, 1.82) is 0 Å². The van der Waals surface area contributed by atoms with E-state index in [2.05, 4.69) is 46.0 Å². The fraction of sp³-hybridized carbons (Fsp3) is 0.235. The number of fused-ring (bicyclic) bond motifs is 1. The molecule has 0 aliphatic heterocycles. The molecule has 4 heteroatoms. The number of nitrogens with zero attached hydrogens (tertiary/aromatic N) is 1. The van der Waals surface area contributed by atoms with Crippen LogP contribution in [-0.2, 0) is 0 Å². The summed E-state index contributed by atoms with van der Waals surface area (Å²) in [7, 11) is 1.96. The molecule has 3 rings (SSSR count). The first-order valence-electron chi connectivity index (χ1n) is 7.06. The Labute approximate surface area is 128 Å². The average molecular weight is 298 g/mol. The highest BCUT2D eigenvalue weighted by Gasteiger charge is 2.14. The van der Waals surface area contributed by atoms with Crippen LogP contribution in [0, 0.1) is 0 Å². The number of pyridine rings is 1. The maximum Gasteiger partial charge on any atom is 0.147 e. The van der Waals surface area contributed by atoms with Crippen LogP contribution in [0.1, 0.15) is 18.1 Å². The van der Waals surface area contributed by atoms with Crippen LogP contribution in [-0.4, -0.2) is 18.6 Å². The standard InChI is InChI=1S/C17H18N2OS/c1-18-9-7-15(13-5-3-2-4-6-13)20-16-11-19-12-17-14(16)8-10-21-17/h2-6,8,10-12,15,18H,7,9H2,1H3/t15-/m1/s1. The lowest BCUT2D eigenvalue weighted by Crippen LogP contribution is -2.16. The Bertz CT molecular complexity index is 696. The second-order valence-electron chi connectivity index (χ2n) is 4.88.